The Morgan fingerprint density at radius 2 is 2.21 bits per heavy atom. The predicted molar refractivity (Wildman–Crippen MR) is 56.1 cm³/mol. The highest BCUT2D eigenvalue weighted by atomic mass is 16.3. The van der Waals surface area contributed by atoms with Crippen LogP contribution < -0.4 is 11.1 Å². The Labute approximate surface area is 83.4 Å². The first-order valence-corrected chi connectivity index (χ1v) is 4.62. The molecule has 0 saturated heterocycles. The lowest BCUT2D eigenvalue weighted by Gasteiger charge is -2.08. The molecule has 0 bridgehead atoms. The average molecular weight is 196 g/mol. The summed E-state index contributed by atoms with van der Waals surface area (Å²) in [6.45, 7) is 4.55. The molecular weight excluding hydrogens is 180 g/mol. The second-order valence-electron chi connectivity index (χ2n) is 3.34. The van der Waals surface area contributed by atoms with Gasteiger partial charge in [-0.25, -0.2) is 9.97 Å². The van der Waals surface area contributed by atoms with Gasteiger partial charge in [-0.1, -0.05) is 13.8 Å². The maximum atomic E-state index is 8.64. The third-order valence-electron chi connectivity index (χ3n) is 1.70. The van der Waals surface area contributed by atoms with Crippen molar-refractivity contribution in [2.75, 3.05) is 24.2 Å². The van der Waals surface area contributed by atoms with Crippen molar-refractivity contribution < 1.29 is 5.11 Å². The molecule has 5 nitrogen and oxygen atoms in total. The van der Waals surface area contributed by atoms with Crippen molar-refractivity contribution in [3.05, 3.63) is 11.9 Å². The van der Waals surface area contributed by atoms with Gasteiger partial charge in [0, 0.05) is 18.5 Å². The highest BCUT2D eigenvalue weighted by Crippen LogP contribution is 2.14. The van der Waals surface area contributed by atoms with E-state index in [1.165, 1.54) is 0 Å². The maximum absolute atomic E-state index is 8.64. The van der Waals surface area contributed by atoms with Gasteiger partial charge in [0.15, 0.2) is 0 Å². The minimum absolute atomic E-state index is 0.0704. The molecule has 0 amide bonds. The Hall–Kier alpha value is -1.36. The molecule has 1 rings (SSSR count). The smallest absolute Gasteiger partial charge is 0.135 e. The third kappa shape index (κ3) is 2.85. The third-order valence-corrected chi connectivity index (χ3v) is 1.70. The molecule has 4 N–H and O–H groups in total. The van der Waals surface area contributed by atoms with Gasteiger partial charge in [-0.3, -0.25) is 0 Å². The van der Waals surface area contributed by atoms with Crippen LogP contribution in [0.3, 0.4) is 0 Å². The van der Waals surface area contributed by atoms with Crippen molar-refractivity contribution in [1.29, 1.82) is 0 Å². The molecule has 0 fully saturated rings. The van der Waals surface area contributed by atoms with Gasteiger partial charge in [-0.2, -0.15) is 0 Å². The molecule has 1 aromatic heterocycles. The first-order chi connectivity index (χ1) is 6.63. The Balaban J connectivity index is 2.84. The molecule has 0 aliphatic carbocycles. The maximum Gasteiger partial charge on any atom is 0.135 e. The van der Waals surface area contributed by atoms with E-state index in [2.05, 4.69) is 15.3 Å². The lowest BCUT2D eigenvalue weighted by molar-refractivity contribution is 0.311. The van der Waals surface area contributed by atoms with Gasteiger partial charge in [0.25, 0.3) is 0 Å². The fourth-order valence-electron chi connectivity index (χ4n) is 1.02. The van der Waals surface area contributed by atoms with E-state index in [0.717, 1.165) is 0 Å². The summed E-state index contributed by atoms with van der Waals surface area (Å²) in [6.07, 6.45) is 0. The summed E-state index contributed by atoms with van der Waals surface area (Å²) in [5.41, 5.74) is 5.62. The molecule has 0 aliphatic heterocycles. The van der Waals surface area contributed by atoms with Crippen LogP contribution in [-0.4, -0.2) is 28.2 Å². The number of hydrogen-bond acceptors (Lipinski definition) is 5. The molecule has 0 atom stereocenters. The number of nitrogen functional groups attached to an aromatic ring is 1. The quantitative estimate of drug-likeness (QED) is 0.656. The first-order valence-electron chi connectivity index (χ1n) is 4.62. The van der Waals surface area contributed by atoms with Crippen LogP contribution in [0.25, 0.3) is 0 Å². The van der Waals surface area contributed by atoms with Gasteiger partial charge in [0.05, 0.1) is 6.61 Å². The minimum atomic E-state index is 0.0704. The molecule has 0 radical (unpaired) electrons. The van der Waals surface area contributed by atoms with Crippen LogP contribution in [0.15, 0.2) is 6.07 Å². The van der Waals surface area contributed by atoms with Crippen LogP contribution in [0.2, 0.25) is 0 Å². The Morgan fingerprint density at radius 1 is 1.50 bits per heavy atom. The van der Waals surface area contributed by atoms with E-state index in [9.17, 15) is 0 Å². The van der Waals surface area contributed by atoms with Gasteiger partial charge in [-0.15, -0.1) is 0 Å². The zero-order valence-corrected chi connectivity index (χ0v) is 8.49. The lowest BCUT2D eigenvalue weighted by atomic mass is 10.2. The monoisotopic (exact) mass is 196 g/mol. The van der Waals surface area contributed by atoms with E-state index < -0.39 is 0 Å². The second-order valence-corrected chi connectivity index (χ2v) is 3.34. The Kier molecular flexibility index (Phi) is 3.64. The minimum Gasteiger partial charge on any atom is -0.395 e. The number of rotatable bonds is 4. The van der Waals surface area contributed by atoms with E-state index in [4.69, 9.17) is 10.8 Å². The van der Waals surface area contributed by atoms with E-state index in [0.29, 0.717) is 24.0 Å². The number of hydrogen-bond donors (Lipinski definition) is 3. The number of aliphatic hydroxyl groups excluding tert-OH is 1. The van der Waals surface area contributed by atoms with E-state index in [1.54, 1.807) is 6.07 Å². The zero-order chi connectivity index (χ0) is 10.6. The van der Waals surface area contributed by atoms with Gasteiger partial charge in [-0.05, 0) is 0 Å². The molecule has 78 valence electrons. The first kappa shape index (κ1) is 10.7. The molecule has 5 heteroatoms. The largest absolute Gasteiger partial charge is 0.395 e. The topological polar surface area (TPSA) is 84.1 Å². The van der Waals surface area contributed by atoms with E-state index >= 15 is 0 Å². The Morgan fingerprint density at radius 3 is 2.79 bits per heavy atom. The molecule has 14 heavy (non-hydrogen) atoms. The van der Waals surface area contributed by atoms with Gasteiger partial charge in [0.2, 0.25) is 0 Å². The van der Waals surface area contributed by atoms with Crippen molar-refractivity contribution in [1.82, 2.24) is 9.97 Å². The van der Waals surface area contributed by atoms with Crippen LogP contribution in [-0.2, 0) is 0 Å². The van der Waals surface area contributed by atoms with Crippen LogP contribution >= 0.6 is 0 Å². The zero-order valence-electron chi connectivity index (χ0n) is 8.49. The van der Waals surface area contributed by atoms with Gasteiger partial charge >= 0.3 is 0 Å². The summed E-state index contributed by atoms with van der Waals surface area (Å²) in [6, 6.07) is 1.65. The summed E-state index contributed by atoms with van der Waals surface area (Å²) in [7, 11) is 0. The van der Waals surface area contributed by atoms with E-state index in [1.807, 2.05) is 13.8 Å². The van der Waals surface area contributed by atoms with Crippen molar-refractivity contribution >= 4 is 11.6 Å². The average Bonchev–Trinajstić information content (AvgIpc) is 2.14. The van der Waals surface area contributed by atoms with Crippen LogP contribution in [0.4, 0.5) is 11.6 Å². The fraction of sp³-hybridized carbons (Fsp3) is 0.556. The lowest BCUT2D eigenvalue weighted by Crippen LogP contribution is -2.10. The number of anilines is 2. The molecule has 0 unspecified atom stereocenters. The predicted octanol–water partition coefficient (Wildman–Crippen LogP) is 0.586. The highest BCUT2D eigenvalue weighted by Gasteiger charge is 2.05. The SMILES string of the molecule is CC(C)c1nc(N)cc(NCCO)n1. The van der Waals surface area contributed by atoms with Crippen molar-refractivity contribution in [2.24, 2.45) is 0 Å². The number of nitrogens with two attached hydrogens (primary N) is 1. The number of nitrogens with one attached hydrogen (secondary N) is 1. The summed E-state index contributed by atoms with van der Waals surface area (Å²) in [4.78, 5) is 8.36. The van der Waals surface area contributed by atoms with Crippen LogP contribution in [0.1, 0.15) is 25.6 Å². The Bertz CT molecular complexity index is 301. The van der Waals surface area contributed by atoms with Gasteiger partial charge < -0.3 is 16.2 Å². The standard InChI is InChI=1S/C9H16N4O/c1-6(2)9-12-7(10)5-8(13-9)11-3-4-14/h5-6,14H,3-4H2,1-2H3,(H3,10,11,12,13). The summed E-state index contributed by atoms with van der Waals surface area (Å²) in [5.74, 6) is 2.07. The summed E-state index contributed by atoms with van der Waals surface area (Å²) in [5, 5.41) is 11.6. The number of aromatic nitrogens is 2. The summed E-state index contributed by atoms with van der Waals surface area (Å²) < 4.78 is 0. The molecule has 0 aromatic carbocycles. The van der Waals surface area contributed by atoms with Crippen LogP contribution in [0, 0.1) is 0 Å². The highest BCUT2D eigenvalue weighted by molar-refractivity contribution is 5.44. The number of nitrogens with zero attached hydrogens (tertiary/aromatic N) is 2. The summed E-state index contributed by atoms with van der Waals surface area (Å²) >= 11 is 0. The molecule has 1 heterocycles. The number of aliphatic hydroxyl groups is 1. The molecule has 1 aromatic rings. The second kappa shape index (κ2) is 4.76. The molecular formula is C9H16N4O. The molecule has 0 saturated carbocycles. The van der Waals surface area contributed by atoms with E-state index in [-0.39, 0.29) is 12.5 Å². The molecule has 0 spiro atoms. The van der Waals surface area contributed by atoms with Crippen molar-refractivity contribution in [2.45, 2.75) is 19.8 Å². The van der Waals surface area contributed by atoms with Crippen molar-refractivity contribution in [3.8, 4) is 0 Å². The molecule has 0 aliphatic rings. The van der Waals surface area contributed by atoms with Gasteiger partial charge in [0.1, 0.15) is 17.5 Å². The van der Waals surface area contributed by atoms with Crippen molar-refractivity contribution in [3.63, 3.8) is 0 Å². The fourth-order valence-corrected chi connectivity index (χ4v) is 1.02. The normalized spacial score (nSPS) is 10.6. The van der Waals surface area contributed by atoms with Crippen LogP contribution in [0.5, 0.6) is 0 Å².